The summed E-state index contributed by atoms with van der Waals surface area (Å²) in [6.45, 7) is 6.49. The predicted molar refractivity (Wildman–Crippen MR) is 98.6 cm³/mol. The number of ether oxygens (including phenoxy) is 1. The maximum absolute atomic E-state index is 12.5. The molecule has 1 atom stereocenters. The lowest BCUT2D eigenvalue weighted by Gasteiger charge is -2.27. The number of rotatable bonds is 2. The summed E-state index contributed by atoms with van der Waals surface area (Å²) < 4.78 is 5.57. The SMILES string of the molecule is CC(C)(C)OC(=O)N1CCC[C@H]1c1ncc(C2CCCCCCC2)[nH]1. The van der Waals surface area contributed by atoms with Crippen molar-refractivity contribution in [1.29, 1.82) is 0 Å². The van der Waals surface area contributed by atoms with E-state index >= 15 is 0 Å². The van der Waals surface area contributed by atoms with Gasteiger partial charge in [0.1, 0.15) is 11.4 Å². The smallest absolute Gasteiger partial charge is 0.410 e. The number of aromatic nitrogens is 2. The van der Waals surface area contributed by atoms with Crippen LogP contribution in [0.3, 0.4) is 0 Å². The van der Waals surface area contributed by atoms with Crippen LogP contribution < -0.4 is 0 Å². The number of imidazole rings is 1. The number of likely N-dealkylation sites (tertiary alicyclic amines) is 1. The van der Waals surface area contributed by atoms with Gasteiger partial charge < -0.3 is 9.72 Å². The first-order chi connectivity index (χ1) is 11.9. The van der Waals surface area contributed by atoms with Crippen LogP contribution in [0.1, 0.15) is 102 Å². The first-order valence-electron chi connectivity index (χ1n) is 9.98. The minimum absolute atomic E-state index is 0.0251. The van der Waals surface area contributed by atoms with Crippen LogP contribution in [-0.2, 0) is 4.74 Å². The van der Waals surface area contributed by atoms with Gasteiger partial charge in [0.25, 0.3) is 0 Å². The highest BCUT2D eigenvalue weighted by Gasteiger charge is 2.35. The molecule has 1 aromatic heterocycles. The van der Waals surface area contributed by atoms with E-state index in [1.54, 1.807) is 0 Å². The van der Waals surface area contributed by atoms with Gasteiger partial charge in [-0.3, -0.25) is 4.90 Å². The summed E-state index contributed by atoms with van der Waals surface area (Å²) in [6, 6.07) is 0.0251. The Morgan fingerprint density at radius 1 is 1.12 bits per heavy atom. The average molecular weight is 348 g/mol. The minimum atomic E-state index is -0.461. The molecule has 1 saturated carbocycles. The van der Waals surface area contributed by atoms with Crippen molar-refractivity contribution in [3.63, 3.8) is 0 Å². The molecule has 1 aliphatic carbocycles. The lowest BCUT2D eigenvalue weighted by Crippen LogP contribution is -2.36. The van der Waals surface area contributed by atoms with Crippen molar-refractivity contribution in [3.8, 4) is 0 Å². The van der Waals surface area contributed by atoms with Crippen molar-refractivity contribution < 1.29 is 9.53 Å². The van der Waals surface area contributed by atoms with Crippen molar-refractivity contribution in [2.75, 3.05) is 6.54 Å². The van der Waals surface area contributed by atoms with Gasteiger partial charge in [0.2, 0.25) is 0 Å². The molecule has 3 rings (SSSR count). The second-order valence-electron chi connectivity index (χ2n) is 8.60. The topological polar surface area (TPSA) is 58.2 Å². The molecule has 1 amide bonds. The molecule has 140 valence electrons. The zero-order chi connectivity index (χ0) is 17.9. The third-order valence-electron chi connectivity index (χ3n) is 5.36. The molecule has 1 saturated heterocycles. The van der Waals surface area contributed by atoms with Crippen molar-refractivity contribution in [2.45, 2.75) is 96.1 Å². The zero-order valence-corrected chi connectivity index (χ0v) is 16.0. The second-order valence-corrected chi connectivity index (χ2v) is 8.60. The van der Waals surface area contributed by atoms with Gasteiger partial charge in [0.15, 0.2) is 0 Å². The molecular formula is C20H33N3O2. The highest BCUT2D eigenvalue weighted by molar-refractivity contribution is 5.69. The highest BCUT2D eigenvalue weighted by atomic mass is 16.6. The molecule has 0 bridgehead atoms. The Hall–Kier alpha value is -1.52. The van der Waals surface area contributed by atoms with Crippen LogP contribution in [0, 0.1) is 0 Å². The maximum Gasteiger partial charge on any atom is 0.410 e. The third-order valence-corrected chi connectivity index (χ3v) is 5.36. The summed E-state index contributed by atoms with van der Waals surface area (Å²) in [7, 11) is 0. The van der Waals surface area contributed by atoms with Crippen molar-refractivity contribution >= 4 is 6.09 Å². The number of carbonyl (C=O) groups is 1. The van der Waals surface area contributed by atoms with E-state index in [0.29, 0.717) is 5.92 Å². The molecular weight excluding hydrogens is 314 g/mol. The van der Waals surface area contributed by atoms with E-state index in [-0.39, 0.29) is 12.1 Å². The fourth-order valence-corrected chi connectivity index (χ4v) is 4.09. The van der Waals surface area contributed by atoms with E-state index in [1.165, 1.54) is 50.6 Å². The van der Waals surface area contributed by atoms with E-state index in [1.807, 2.05) is 31.9 Å². The Kier molecular flexibility index (Phi) is 5.70. The van der Waals surface area contributed by atoms with Crippen LogP contribution in [0.25, 0.3) is 0 Å². The highest BCUT2D eigenvalue weighted by Crippen LogP contribution is 2.34. The van der Waals surface area contributed by atoms with Crippen LogP contribution in [0.2, 0.25) is 0 Å². The van der Waals surface area contributed by atoms with Gasteiger partial charge in [0, 0.05) is 24.4 Å². The monoisotopic (exact) mass is 347 g/mol. The van der Waals surface area contributed by atoms with Crippen LogP contribution in [0.5, 0.6) is 0 Å². The molecule has 5 heteroatoms. The molecule has 5 nitrogen and oxygen atoms in total. The number of nitrogens with zero attached hydrogens (tertiary/aromatic N) is 2. The van der Waals surface area contributed by atoms with Gasteiger partial charge in [-0.1, -0.05) is 32.1 Å². The Bertz CT molecular complexity index is 568. The Labute approximate surface area is 151 Å². The van der Waals surface area contributed by atoms with Gasteiger partial charge in [-0.25, -0.2) is 9.78 Å². The quantitative estimate of drug-likeness (QED) is 0.788. The Balaban J connectivity index is 1.68. The first kappa shape index (κ1) is 18.3. The van der Waals surface area contributed by atoms with E-state index in [0.717, 1.165) is 25.2 Å². The molecule has 0 aromatic carbocycles. The van der Waals surface area contributed by atoms with Crippen LogP contribution in [0.15, 0.2) is 6.20 Å². The van der Waals surface area contributed by atoms with Crippen molar-refractivity contribution in [1.82, 2.24) is 14.9 Å². The molecule has 1 aliphatic heterocycles. The second kappa shape index (κ2) is 7.79. The number of aromatic amines is 1. The summed E-state index contributed by atoms with van der Waals surface area (Å²) >= 11 is 0. The summed E-state index contributed by atoms with van der Waals surface area (Å²) in [5.74, 6) is 1.53. The number of amides is 1. The summed E-state index contributed by atoms with van der Waals surface area (Å²) in [5.41, 5.74) is 0.796. The molecule has 0 spiro atoms. The Morgan fingerprint density at radius 3 is 2.48 bits per heavy atom. The van der Waals surface area contributed by atoms with Gasteiger partial charge in [0.05, 0.1) is 6.04 Å². The van der Waals surface area contributed by atoms with Gasteiger partial charge in [-0.2, -0.15) is 0 Å². The van der Waals surface area contributed by atoms with Crippen molar-refractivity contribution in [2.24, 2.45) is 0 Å². The predicted octanol–water partition coefficient (Wildman–Crippen LogP) is 5.31. The third kappa shape index (κ3) is 4.77. The molecule has 0 unspecified atom stereocenters. The van der Waals surface area contributed by atoms with Gasteiger partial charge in [-0.05, 0) is 46.5 Å². The molecule has 2 fully saturated rings. The standard InChI is InChI=1S/C20H33N3O2/c1-20(2,3)25-19(24)23-13-9-12-17(23)18-21-14-16(22-18)15-10-7-5-4-6-8-11-15/h14-15,17H,4-13H2,1-3H3,(H,21,22)/t17-/m0/s1. The average Bonchev–Trinajstić information content (AvgIpc) is 3.13. The molecule has 0 radical (unpaired) electrons. The zero-order valence-electron chi connectivity index (χ0n) is 16.0. The summed E-state index contributed by atoms with van der Waals surface area (Å²) in [5, 5.41) is 0. The minimum Gasteiger partial charge on any atom is -0.444 e. The fourth-order valence-electron chi connectivity index (χ4n) is 4.09. The largest absolute Gasteiger partial charge is 0.444 e. The van der Waals surface area contributed by atoms with Crippen molar-refractivity contribution in [3.05, 3.63) is 17.7 Å². The molecule has 1 aromatic rings. The number of nitrogens with one attached hydrogen (secondary N) is 1. The number of carbonyl (C=O) groups excluding carboxylic acids is 1. The number of hydrogen-bond donors (Lipinski definition) is 1. The molecule has 25 heavy (non-hydrogen) atoms. The fraction of sp³-hybridized carbons (Fsp3) is 0.800. The number of H-pyrrole nitrogens is 1. The van der Waals surface area contributed by atoms with E-state index in [4.69, 9.17) is 4.74 Å². The van der Waals surface area contributed by atoms with Crippen LogP contribution >= 0.6 is 0 Å². The Morgan fingerprint density at radius 2 is 1.80 bits per heavy atom. The maximum atomic E-state index is 12.5. The van der Waals surface area contributed by atoms with E-state index in [2.05, 4.69) is 9.97 Å². The van der Waals surface area contributed by atoms with E-state index in [9.17, 15) is 4.79 Å². The van der Waals surface area contributed by atoms with Crippen LogP contribution in [0.4, 0.5) is 4.79 Å². The molecule has 1 N–H and O–H groups in total. The molecule has 2 aliphatic rings. The van der Waals surface area contributed by atoms with Gasteiger partial charge >= 0.3 is 6.09 Å². The number of hydrogen-bond acceptors (Lipinski definition) is 3. The normalized spacial score (nSPS) is 23.3. The van der Waals surface area contributed by atoms with Gasteiger partial charge in [-0.15, -0.1) is 0 Å². The van der Waals surface area contributed by atoms with Crippen LogP contribution in [-0.4, -0.2) is 33.1 Å². The summed E-state index contributed by atoms with van der Waals surface area (Å²) in [6.07, 6.45) is 13.0. The lowest BCUT2D eigenvalue weighted by molar-refractivity contribution is 0.0218. The molecule has 2 heterocycles. The van der Waals surface area contributed by atoms with E-state index < -0.39 is 5.60 Å². The first-order valence-corrected chi connectivity index (χ1v) is 9.98. The lowest BCUT2D eigenvalue weighted by atomic mass is 9.89. The summed E-state index contributed by atoms with van der Waals surface area (Å²) in [4.78, 5) is 22.5.